The zero-order chi connectivity index (χ0) is 18.5. The molecule has 0 fully saturated rings. The normalized spacial score (nSPS) is 10.8. The monoisotopic (exact) mass is 374 g/mol. The third kappa shape index (κ3) is 3.76. The van der Waals surface area contributed by atoms with Gasteiger partial charge in [-0.05, 0) is 24.6 Å². The van der Waals surface area contributed by atoms with Crippen LogP contribution < -0.4 is 10.3 Å². The maximum absolute atomic E-state index is 12.4. The zero-order valence-corrected chi connectivity index (χ0v) is 15.0. The first-order valence-corrected chi connectivity index (χ1v) is 8.88. The van der Waals surface area contributed by atoms with Crippen molar-refractivity contribution in [2.75, 3.05) is 19.8 Å². The Morgan fingerprint density at radius 3 is 2.77 bits per heavy atom. The van der Waals surface area contributed by atoms with Crippen LogP contribution in [0.5, 0.6) is 5.75 Å². The Morgan fingerprint density at radius 2 is 2.04 bits per heavy atom. The van der Waals surface area contributed by atoms with Crippen LogP contribution in [-0.2, 0) is 11.3 Å². The van der Waals surface area contributed by atoms with Crippen molar-refractivity contribution >= 4 is 27.5 Å². The summed E-state index contributed by atoms with van der Waals surface area (Å²) >= 11 is 1.13. The minimum absolute atomic E-state index is 0.101. The van der Waals surface area contributed by atoms with Gasteiger partial charge in [-0.3, -0.25) is 9.36 Å². The molecule has 3 aromatic rings. The minimum atomic E-state index is -0.504. The highest BCUT2D eigenvalue weighted by atomic mass is 32.1. The van der Waals surface area contributed by atoms with Crippen LogP contribution in [0.25, 0.3) is 10.2 Å². The molecule has 0 atom stereocenters. The molecule has 0 amide bonds. The molecule has 0 aliphatic carbocycles. The number of benzene rings is 1. The van der Waals surface area contributed by atoms with E-state index in [9.17, 15) is 9.59 Å². The number of aliphatic hydroxyl groups is 1. The molecule has 1 N–H and O–H groups in total. The fraction of sp³-hybridized carbons (Fsp3) is 0.278. The van der Waals surface area contributed by atoms with Crippen LogP contribution >= 0.6 is 11.3 Å². The number of aromatic nitrogens is 2. The molecule has 2 heterocycles. The largest absolute Gasteiger partial charge is 0.490 e. The van der Waals surface area contributed by atoms with Gasteiger partial charge in [-0.1, -0.05) is 18.2 Å². The predicted molar refractivity (Wildman–Crippen MR) is 97.9 cm³/mol. The summed E-state index contributed by atoms with van der Waals surface area (Å²) < 4.78 is 12.1. The Labute approximate surface area is 153 Å². The standard InChI is InChI=1S/C18H18N2O5S/c1-12-14-16(19-11-20(7-8-21)17(14)22)26-15(12)18(23)25-10-9-24-13-5-3-2-4-6-13/h2-6,11,21H,7-10H2,1H3. The topological polar surface area (TPSA) is 90.7 Å². The molecule has 0 spiro atoms. The number of nitrogens with zero attached hydrogens (tertiary/aromatic N) is 2. The number of hydrogen-bond donors (Lipinski definition) is 1. The van der Waals surface area contributed by atoms with Gasteiger partial charge in [0.15, 0.2) is 0 Å². The summed E-state index contributed by atoms with van der Waals surface area (Å²) in [6.45, 7) is 2.04. The van der Waals surface area contributed by atoms with Crippen molar-refractivity contribution < 1.29 is 19.4 Å². The van der Waals surface area contributed by atoms with E-state index in [1.165, 1.54) is 10.9 Å². The lowest BCUT2D eigenvalue weighted by Crippen LogP contribution is -2.22. The van der Waals surface area contributed by atoms with Gasteiger partial charge in [0.05, 0.1) is 24.9 Å². The average Bonchev–Trinajstić information content (AvgIpc) is 2.99. The van der Waals surface area contributed by atoms with Crippen molar-refractivity contribution in [3.8, 4) is 5.75 Å². The molecular formula is C18H18N2O5S. The van der Waals surface area contributed by atoms with E-state index >= 15 is 0 Å². The van der Waals surface area contributed by atoms with Crippen molar-refractivity contribution in [2.45, 2.75) is 13.5 Å². The molecular weight excluding hydrogens is 356 g/mol. The maximum Gasteiger partial charge on any atom is 0.348 e. The van der Waals surface area contributed by atoms with Crippen molar-refractivity contribution in [2.24, 2.45) is 0 Å². The molecule has 26 heavy (non-hydrogen) atoms. The van der Waals surface area contributed by atoms with Gasteiger partial charge in [0.25, 0.3) is 5.56 Å². The molecule has 0 saturated carbocycles. The van der Waals surface area contributed by atoms with E-state index < -0.39 is 5.97 Å². The summed E-state index contributed by atoms with van der Waals surface area (Å²) in [5.74, 6) is 0.200. The summed E-state index contributed by atoms with van der Waals surface area (Å²) in [5, 5.41) is 9.40. The van der Waals surface area contributed by atoms with Crippen molar-refractivity contribution in [1.29, 1.82) is 0 Å². The maximum atomic E-state index is 12.4. The van der Waals surface area contributed by atoms with E-state index in [2.05, 4.69) is 4.98 Å². The van der Waals surface area contributed by atoms with E-state index in [-0.39, 0.29) is 31.9 Å². The molecule has 3 rings (SSSR count). The van der Waals surface area contributed by atoms with Gasteiger partial charge in [0, 0.05) is 0 Å². The molecule has 1 aromatic carbocycles. The number of para-hydroxylation sites is 1. The third-order valence-corrected chi connectivity index (χ3v) is 4.95. The molecule has 0 radical (unpaired) electrons. The smallest absolute Gasteiger partial charge is 0.348 e. The quantitative estimate of drug-likeness (QED) is 0.502. The third-order valence-electron chi connectivity index (χ3n) is 3.77. The highest BCUT2D eigenvalue weighted by Crippen LogP contribution is 2.27. The lowest BCUT2D eigenvalue weighted by atomic mass is 10.2. The van der Waals surface area contributed by atoms with Gasteiger partial charge in [0.1, 0.15) is 28.7 Å². The number of aliphatic hydroxyl groups excluding tert-OH is 1. The number of ether oxygens (including phenoxy) is 2. The Morgan fingerprint density at radius 1 is 1.27 bits per heavy atom. The van der Waals surface area contributed by atoms with Crippen LogP contribution in [0.15, 0.2) is 41.5 Å². The fourth-order valence-electron chi connectivity index (χ4n) is 2.50. The van der Waals surface area contributed by atoms with Gasteiger partial charge in [-0.2, -0.15) is 0 Å². The van der Waals surface area contributed by atoms with Crippen LogP contribution in [0.1, 0.15) is 15.2 Å². The summed E-state index contributed by atoms with van der Waals surface area (Å²) in [4.78, 5) is 29.8. The molecule has 0 saturated heterocycles. The second-order valence-electron chi connectivity index (χ2n) is 5.50. The number of thiophene rings is 1. The summed E-state index contributed by atoms with van der Waals surface area (Å²) in [6, 6.07) is 9.25. The van der Waals surface area contributed by atoms with Gasteiger partial charge >= 0.3 is 5.97 Å². The number of rotatable bonds is 7. The predicted octanol–water partition coefficient (Wildman–Crippen LogP) is 1.99. The van der Waals surface area contributed by atoms with Crippen LogP contribution in [0.4, 0.5) is 0 Å². The van der Waals surface area contributed by atoms with Crippen LogP contribution in [0.2, 0.25) is 0 Å². The summed E-state index contributed by atoms with van der Waals surface area (Å²) in [7, 11) is 0. The van der Waals surface area contributed by atoms with Crippen molar-refractivity contribution in [3.63, 3.8) is 0 Å². The van der Waals surface area contributed by atoms with E-state index in [1.807, 2.05) is 30.3 Å². The highest BCUT2D eigenvalue weighted by molar-refractivity contribution is 7.20. The van der Waals surface area contributed by atoms with Crippen LogP contribution in [0, 0.1) is 6.92 Å². The van der Waals surface area contributed by atoms with E-state index in [0.29, 0.717) is 26.4 Å². The van der Waals surface area contributed by atoms with E-state index in [1.54, 1.807) is 6.92 Å². The molecule has 0 bridgehead atoms. The molecule has 8 heteroatoms. The molecule has 7 nitrogen and oxygen atoms in total. The molecule has 0 unspecified atom stereocenters. The molecule has 0 aliphatic heterocycles. The van der Waals surface area contributed by atoms with Gasteiger partial charge in [-0.25, -0.2) is 9.78 Å². The molecule has 0 aliphatic rings. The van der Waals surface area contributed by atoms with Crippen LogP contribution in [0.3, 0.4) is 0 Å². The average molecular weight is 374 g/mol. The van der Waals surface area contributed by atoms with E-state index in [4.69, 9.17) is 14.6 Å². The number of carbonyl (C=O) groups is 1. The molecule has 2 aromatic heterocycles. The lowest BCUT2D eigenvalue weighted by Gasteiger charge is -2.06. The second kappa shape index (κ2) is 8.11. The number of aryl methyl sites for hydroxylation is 1. The second-order valence-corrected chi connectivity index (χ2v) is 6.50. The Kier molecular flexibility index (Phi) is 5.65. The Bertz CT molecular complexity index is 965. The van der Waals surface area contributed by atoms with Crippen LogP contribution in [-0.4, -0.2) is 40.4 Å². The first-order chi connectivity index (χ1) is 12.6. The SMILES string of the molecule is Cc1c(C(=O)OCCOc2ccccc2)sc2ncn(CCO)c(=O)c12. The highest BCUT2D eigenvalue weighted by Gasteiger charge is 2.20. The number of hydrogen-bond acceptors (Lipinski definition) is 7. The molecule has 136 valence electrons. The Balaban J connectivity index is 1.69. The number of carbonyl (C=O) groups excluding carboxylic acids is 1. The Hall–Kier alpha value is -2.71. The first kappa shape index (κ1) is 18.1. The summed E-state index contributed by atoms with van der Waals surface area (Å²) in [5.41, 5.74) is 0.271. The number of fused-ring (bicyclic) bond motifs is 1. The summed E-state index contributed by atoms with van der Waals surface area (Å²) in [6.07, 6.45) is 1.37. The first-order valence-electron chi connectivity index (χ1n) is 8.06. The van der Waals surface area contributed by atoms with E-state index in [0.717, 1.165) is 11.3 Å². The number of esters is 1. The fourth-order valence-corrected chi connectivity index (χ4v) is 3.53. The minimum Gasteiger partial charge on any atom is -0.490 e. The van der Waals surface area contributed by atoms with Gasteiger partial charge in [0.2, 0.25) is 0 Å². The van der Waals surface area contributed by atoms with Crippen molar-refractivity contribution in [3.05, 3.63) is 57.5 Å². The van der Waals surface area contributed by atoms with Gasteiger partial charge in [-0.15, -0.1) is 11.3 Å². The van der Waals surface area contributed by atoms with Gasteiger partial charge < -0.3 is 14.6 Å². The van der Waals surface area contributed by atoms with Crippen molar-refractivity contribution in [1.82, 2.24) is 9.55 Å². The lowest BCUT2D eigenvalue weighted by molar-refractivity contribution is 0.0455. The zero-order valence-electron chi connectivity index (χ0n) is 14.2.